The number of hydrogen-bond acceptors (Lipinski definition) is 4. The molecule has 26 heavy (non-hydrogen) atoms. The average molecular weight is 370 g/mol. The Kier molecular flexibility index (Phi) is 4.52. The molecule has 1 heterocycles. The monoisotopic (exact) mass is 370 g/mol. The zero-order chi connectivity index (χ0) is 18.9. The second-order valence-electron chi connectivity index (χ2n) is 5.67. The lowest BCUT2D eigenvalue weighted by molar-refractivity contribution is 0.0962. The van der Waals surface area contributed by atoms with Gasteiger partial charge in [0.2, 0.25) is 5.43 Å². The molecule has 0 atom stereocenters. The minimum Gasteiger partial charge on any atom is -0.572 e. The van der Waals surface area contributed by atoms with Gasteiger partial charge in [-0.05, 0) is 25.1 Å². The van der Waals surface area contributed by atoms with E-state index in [0.29, 0.717) is 11.2 Å². The summed E-state index contributed by atoms with van der Waals surface area (Å²) < 4.78 is 29.1. The van der Waals surface area contributed by atoms with E-state index in [1.165, 1.54) is 31.4 Å². The fraction of sp³-hybridized carbons (Fsp3) is 0.111. The molecule has 0 bridgehead atoms. The van der Waals surface area contributed by atoms with Gasteiger partial charge in [0.05, 0.1) is 4.90 Å². The van der Waals surface area contributed by atoms with Crippen molar-refractivity contribution in [2.75, 3.05) is 7.05 Å². The minimum absolute atomic E-state index is 0.0922. The number of rotatable bonds is 4. The van der Waals surface area contributed by atoms with Crippen molar-refractivity contribution >= 4 is 32.5 Å². The van der Waals surface area contributed by atoms with E-state index < -0.39 is 21.4 Å². The number of pyridine rings is 1. The van der Waals surface area contributed by atoms with Gasteiger partial charge in [-0.25, -0.2) is 8.42 Å². The van der Waals surface area contributed by atoms with Crippen LogP contribution in [0.3, 0.4) is 0 Å². The van der Waals surface area contributed by atoms with E-state index in [1.54, 1.807) is 31.2 Å². The molecule has 2 N–H and O–H groups in total. The summed E-state index contributed by atoms with van der Waals surface area (Å²) in [4.78, 5) is 27.0. The molecule has 0 fully saturated rings. The van der Waals surface area contributed by atoms with Gasteiger partial charge in [0.15, 0.2) is 0 Å². The topological polar surface area (TPSA) is 110 Å². The Morgan fingerprint density at radius 1 is 1.15 bits per heavy atom. The van der Waals surface area contributed by atoms with E-state index in [2.05, 4.69) is 15.0 Å². The van der Waals surface area contributed by atoms with Crippen molar-refractivity contribution in [3.8, 4) is 0 Å². The molecule has 0 aliphatic heterocycles. The maximum absolute atomic E-state index is 12.6. The Morgan fingerprint density at radius 2 is 1.88 bits per heavy atom. The Hall–Kier alpha value is -3.13. The molecular formula is C18H16N3O4S-. The molecule has 134 valence electrons. The van der Waals surface area contributed by atoms with Crippen LogP contribution in [0, 0.1) is 6.92 Å². The van der Waals surface area contributed by atoms with Crippen LogP contribution in [0.4, 0.5) is 5.69 Å². The van der Waals surface area contributed by atoms with Crippen molar-refractivity contribution in [3.63, 3.8) is 0 Å². The second kappa shape index (κ2) is 6.64. The molecule has 3 aromatic rings. The Balaban J connectivity index is 2.10. The zero-order valence-electron chi connectivity index (χ0n) is 14.1. The lowest BCUT2D eigenvalue weighted by Crippen LogP contribution is -2.25. The summed E-state index contributed by atoms with van der Waals surface area (Å²) in [6, 6.07) is 10.9. The quantitative estimate of drug-likeness (QED) is 0.735. The number of carbonyl (C=O) groups excluding carboxylic acids is 1. The number of benzene rings is 2. The summed E-state index contributed by atoms with van der Waals surface area (Å²) in [5.74, 6) is -0.550. The van der Waals surface area contributed by atoms with Crippen LogP contribution in [0.5, 0.6) is 0 Å². The van der Waals surface area contributed by atoms with Gasteiger partial charge in [0, 0.05) is 24.1 Å². The van der Waals surface area contributed by atoms with Crippen molar-refractivity contribution < 1.29 is 13.2 Å². The largest absolute Gasteiger partial charge is 0.572 e. The molecule has 0 saturated heterocycles. The first-order chi connectivity index (χ1) is 12.3. The van der Waals surface area contributed by atoms with Gasteiger partial charge in [-0.1, -0.05) is 29.8 Å². The molecule has 0 aliphatic rings. The molecule has 0 unspecified atom stereocenters. The minimum atomic E-state index is -4.01. The van der Waals surface area contributed by atoms with Crippen LogP contribution in [0.15, 0.2) is 58.4 Å². The summed E-state index contributed by atoms with van der Waals surface area (Å²) in [6.45, 7) is 1.76. The van der Waals surface area contributed by atoms with E-state index >= 15 is 0 Å². The summed E-state index contributed by atoms with van der Waals surface area (Å²) >= 11 is 0. The highest BCUT2D eigenvalue weighted by atomic mass is 32.2. The first-order valence-electron chi connectivity index (χ1n) is 7.74. The third kappa shape index (κ3) is 3.18. The number of sulfonamides is 1. The van der Waals surface area contributed by atoms with Crippen LogP contribution >= 0.6 is 0 Å². The number of aromatic amines is 1. The van der Waals surface area contributed by atoms with E-state index in [0.717, 1.165) is 5.56 Å². The number of carbonyl (C=O) groups is 1. The Bertz CT molecular complexity index is 1170. The number of aromatic nitrogens is 1. The third-order valence-electron chi connectivity index (χ3n) is 3.96. The number of aryl methyl sites for hydroxylation is 1. The molecule has 0 saturated carbocycles. The predicted octanol–water partition coefficient (Wildman–Crippen LogP) is 2.59. The Morgan fingerprint density at radius 3 is 2.58 bits per heavy atom. The highest BCUT2D eigenvalue weighted by molar-refractivity contribution is 7.94. The zero-order valence-corrected chi connectivity index (χ0v) is 14.9. The first-order valence-corrected chi connectivity index (χ1v) is 9.18. The van der Waals surface area contributed by atoms with Crippen molar-refractivity contribution in [3.05, 3.63) is 74.7 Å². The Labute approximate surface area is 150 Å². The van der Waals surface area contributed by atoms with Gasteiger partial charge in [-0.2, -0.15) is 0 Å². The smallest absolute Gasteiger partial charge is 0.256 e. The van der Waals surface area contributed by atoms with Crippen LogP contribution in [0.2, 0.25) is 0 Å². The first kappa shape index (κ1) is 17.7. The molecule has 1 aromatic heterocycles. The molecule has 7 nitrogen and oxygen atoms in total. The van der Waals surface area contributed by atoms with Gasteiger partial charge < -0.3 is 15.0 Å². The number of nitrogens with zero attached hydrogens (tertiary/aromatic N) is 1. The standard InChI is InChI=1S/C18H16N3O4S/c1-11-5-3-4-6-15(11)21-26(24,25)12-7-8-16-13(9-12)17(22)14(10-20-16)18(23)19-2/h3-10H,1-2H3,(H2,19,20,22,23)/q-1. The van der Waals surface area contributed by atoms with E-state index in [1.807, 2.05) is 0 Å². The number of hydrogen-bond donors (Lipinski definition) is 2. The van der Waals surface area contributed by atoms with Gasteiger partial charge >= 0.3 is 0 Å². The van der Waals surface area contributed by atoms with E-state index in [-0.39, 0.29) is 15.8 Å². The molecule has 3 rings (SSSR count). The third-order valence-corrected chi connectivity index (χ3v) is 5.24. The summed E-state index contributed by atoms with van der Waals surface area (Å²) in [5.41, 5.74) is 0.839. The molecule has 0 radical (unpaired) electrons. The fourth-order valence-corrected chi connectivity index (χ4v) is 3.59. The fourth-order valence-electron chi connectivity index (χ4n) is 2.51. The van der Waals surface area contributed by atoms with Crippen LogP contribution in [-0.2, 0) is 10.0 Å². The maximum Gasteiger partial charge on any atom is 0.256 e. The molecule has 2 aromatic carbocycles. The molecule has 0 spiro atoms. The number of amides is 1. The van der Waals surface area contributed by atoms with Crippen LogP contribution in [-0.4, -0.2) is 26.4 Å². The van der Waals surface area contributed by atoms with Gasteiger partial charge in [-0.3, -0.25) is 9.59 Å². The highest BCUT2D eigenvalue weighted by Gasteiger charge is 2.14. The van der Waals surface area contributed by atoms with E-state index in [4.69, 9.17) is 0 Å². The van der Waals surface area contributed by atoms with Crippen LogP contribution in [0.25, 0.3) is 15.6 Å². The number of nitrogens with one attached hydrogen (secondary N) is 2. The maximum atomic E-state index is 12.6. The summed E-state index contributed by atoms with van der Waals surface area (Å²) in [7, 11) is -2.60. The predicted molar refractivity (Wildman–Crippen MR) is 99.3 cm³/mol. The van der Waals surface area contributed by atoms with Crippen LogP contribution in [0.1, 0.15) is 15.9 Å². The van der Waals surface area contributed by atoms with Crippen molar-refractivity contribution in [2.45, 2.75) is 11.8 Å². The van der Waals surface area contributed by atoms with Crippen LogP contribution < -0.4 is 10.7 Å². The lowest BCUT2D eigenvalue weighted by atomic mass is 10.1. The van der Waals surface area contributed by atoms with Crippen molar-refractivity contribution in [2.24, 2.45) is 0 Å². The van der Waals surface area contributed by atoms with Gasteiger partial charge in [-0.15, -0.1) is 5.69 Å². The van der Waals surface area contributed by atoms with Crippen molar-refractivity contribution in [1.29, 1.82) is 0 Å². The highest BCUT2D eigenvalue weighted by Crippen LogP contribution is 2.31. The summed E-state index contributed by atoms with van der Waals surface area (Å²) in [6.07, 6.45) is 1.30. The number of fused-ring (bicyclic) bond motifs is 1. The summed E-state index contributed by atoms with van der Waals surface area (Å²) in [5, 5.41) is 2.48. The SMILES string of the molecule is CNC(=O)c1c[nH]c2ccc(S(=O)(=O)[N-]c3ccccc3C)cc2c1=O. The second-order valence-corrected chi connectivity index (χ2v) is 7.27. The van der Waals surface area contributed by atoms with Crippen molar-refractivity contribution in [1.82, 2.24) is 10.3 Å². The molecule has 1 amide bonds. The lowest BCUT2D eigenvalue weighted by Gasteiger charge is -2.24. The molecule has 8 heteroatoms. The van der Waals surface area contributed by atoms with Gasteiger partial charge in [0.25, 0.3) is 5.91 Å². The molecule has 0 aliphatic carbocycles. The number of H-pyrrole nitrogens is 1. The normalized spacial score (nSPS) is 11.3. The average Bonchev–Trinajstić information content (AvgIpc) is 2.63. The molecular weight excluding hydrogens is 354 g/mol. The van der Waals surface area contributed by atoms with E-state index in [9.17, 15) is 18.0 Å². The van der Waals surface area contributed by atoms with Gasteiger partial charge in [0.1, 0.15) is 15.6 Å².